The van der Waals surface area contributed by atoms with Gasteiger partial charge < -0.3 is 9.64 Å². The zero-order valence-electron chi connectivity index (χ0n) is 13.8. The van der Waals surface area contributed by atoms with E-state index in [0.29, 0.717) is 17.5 Å². The Bertz CT molecular complexity index is 645. The molecule has 7 heteroatoms. The highest BCUT2D eigenvalue weighted by molar-refractivity contribution is 8.13. The molecule has 2 amide bonds. The van der Waals surface area contributed by atoms with Crippen LogP contribution in [0.3, 0.4) is 0 Å². The van der Waals surface area contributed by atoms with Crippen molar-refractivity contribution in [1.29, 1.82) is 0 Å². The van der Waals surface area contributed by atoms with Crippen molar-refractivity contribution in [2.24, 2.45) is 4.99 Å². The lowest BCUT2D eigenvalue weighted by atomic mass is 10.1. The maximum atomic E-state index is 11.8. The number of alkyl carbamates (subject to hydrolysis) is 1. The Balaban J connectivity index is 2.26. The molecule has 2 rings (SSSR count). The first kappa shape index (κ1) is 17.3. The highest BCUT2D eigenvalue weighted by Gasteiger charge is 2.28. The molecule has 23 heavy (non-hydrogen) atoms. The SMILES string of the molecule is CCOC(=O)NC(=Nc1ccc2c(c1)N(C(C)=O)[C@H](C)C2)SC. The van der Waals surface area contributed by atoms with Gasteiger partial charge in [-0.25, -0.2) is 9.79 Å². The van der Waals surface area contributed by atoms with E-state index in [1.807, 2.05) is 31.4 Å². The monoisotopic (exact) mass is 335 g/mol. The summed E-state index contributed by atoms with van der Waals surface area (Å²) in [7, 11) is 0. The molecule has 1 aromatic carbocycles. The van der Waals surface area contributed by atoms with Gasteiger partial charge >= 0.3 is 6.09 Å². The van der Waals surface area contributed by atoms with Crippen molar-refractivity contribution >= 4 is 40.3 Å². The number of fused-ring (bicyclic) bond motifs is 1. The largest absolute Gasteiger partial charge is 0.450 e. The fraction of sp³-hybridized carbons (Fsp3) is 0.438. The Morgan fingerprint density at radius 3 is 2.83 bits per heavy atom. The molecule has 1 aliphatic rings. The molecule has 1 aliphatic heterocycles. The van der Waals surface area contributed by atoms with Gasteiger partial charge in [0, 0.05) is 18.7 Å². The molecule has 1 atom stereocenters. The van der Waals surface area contributed by atoms with Crippen LogP contribution in [0.1, 0.15) is 26.3 Å². The van der Waals surface area contributed by atoms with E-state index < -0.39 is 6.09 Å². The Kier molecular flexibility index (Phi) is 5.65. The summed E-state index contributed by atoms with van der Waals surface area (Å²) >= 11 is 1.32. The molecular formula is C16H21N3O3S. The van der Waals surface area contributed by atoms with Crippen molar-refractivity contribution in [3.63, 3.8) is 0 Å². The van der Waals surface area contributed by atoms with Crippen molar-refractivity contribution in [2.75, 3.05) is 17.8 Å². The molecule has 0 saturated heterocycles. The summed E-state index contributed by atoms with van der Waals surface area (Å²) in [5.41, 5.74) is 2.71. The van der Waals surface area contributed by atoms with E-state index in [4.69, 9.17) is 4.74 Å². The van der Waals surface area contributed by atoms with Crippen LogP contribution in [0.2, 0.25) is 0 Å². The first-order valence-electron chi connectivity index (χ1n) is 7.45. The number of hydrogen-bond acceptors (Lipinski definition) is 5. The van der Waals surface area contributed by atoms with Gasteiger partial charge in [-0.3, -0.25) is 10.1 Å². The number of amides is 2. The molecule has 0 aromatic heterocycles. The lowest BCUT2D eigenvalue weighted by molar-refractivity contribution is -0.116. The van der Waals surface area contributed by atoms with Crippen LogP contribution >= 0.6 is 11.8 Å². The number of benzene rings is 1. The van der Waals surface area contributed by atoms with E-state index in [0.717, 1.165) is 17.7 Å². The maximum absolute atomic E-state index is 11.8. The summed E-state index contributed by atoms with van der Waals surface area (Å²) < 4.78 is 4.85. The van der Waals surface area contributed by atoms with Crippen LogP contribution in [0.15, 0.2) is 23.2 Å². The predicted molar refractivity (Wildman–Crippen MR) is 93.5 cm³/mol. The van der Waals surface area contributed by atoms with Gasteiger partial charge in [0.2, 0.25) is 5.91 Å². The molecule has 0 fully saturated rings. The van der Waals surface area contributed by atoms with Gasteiger partial charge in [-0.2, -0.15) is 0 Å². The molecule has 0 spiro atoms. The van der Waals surface area contributed by atoms with Gasteiger partial charge in [-0.15, -0.1) is 0 Å². The molecule has 0 aliphatic carbocycles. The highest BCUT2D eigenvalue weighted by Crippen LogP contribution is 2.35. The Morgan fingerprint density at radius 2 is 2.22 bits per heavy atom. The standard InChI is InChI=1S/C16H21N3O3S/c1-5-22-16(21)18-15(23-4)17-13-7-6-12-8-10(2)19(11(3)20)14(12)9-13/h6-7,9-10H,5,8H2,1-4H3,(H,17,18,21)/t10-/m1/s1. The van der Waals surface area contributed by atoms with E-state index >= 15 is 0 Å². The smallest absolute Gasteiger partial charge is 0.413 e. The Labute approximate surface area is 140 Å². The van der Waals surface area contributed by atoms with Crippen LogP contribution in [0.25, 0.3) is 0 Å². The van der Waals surface area contributed by atoms with E-state index in [1.54, 1.807) is 18.7 Å². The second-order valence-electron chi connectivity index (χ2n) is 5.22. The number of carbonyl (C=O) groups is 2. The molecule has 1 N–H and O–H groups in total. The summed E-state index contributed by atoms with van der Waals surface area (Å²) in [6.07, 6.45) is 2.14. The zero-order chi connectivity index (χ0) is 17.0. The fourth-order valence-electron chi connectivity index (χ4n) is 2.64. The number of hydrogen-bond donors (Lipinski definition) is 1. The molecular weight excluding hydrogens is 314 g/mol. The lowest BCUT2D eigenvalue weighted by Gasteiger charge is -2.20. The van der Waals surface area contributed by atoms with Gasteiger partial charge in [0.15, 0.2) is 5.17 Å². The van der Waals surface area contributed by atoms with Crippen LogP contribution in [0.5, 0.6) is 0 Å². The minimum absolute atomic E-state index is 0.0205. The molecule has 6 nitrogen and oxygen atoms in total. The van der Waals surface area contributed by atoms with E-state index in [1.165, 1.54) is 11.8 Å². The van der Waals surface area contributed by atoms with Crippen LogP contribution in [0.4, 0.5) is 16.2 Å². The van der Waals surface area contributed by atoms with Crippen molar-refractivity contribution in [2.45, 2.75) is 33.2 Å². The molecule has 0 radical (unpaired) electrons. The first-order chi connectivity index (χ1) is 11.0. The summed E-state index contributed by atoms with van der Waals surface area (Å²) in [4.78, 5) is 29.5. The third kappa shape index (κ3) is 4.04. The number of nitrogens with one attached hydrogen (secondary N) is 1. The second-order valence-corrected chi connectivity index (χ2v) is 6.02. The van der Waals surface area contributed by atoms with Gasteiger partial charge in [-0.1, -0.05) is 17.8 Å². The van der Waals surface area contributed by atoms with Crippen molar-refractivity contribution in [3.8, 4) is 0 Å². The molecule has 1 aromatic rings. The Hall–Kier alpha value is -2.02. The number of amidine groups is 1. The van der Waals surface area contributed by atoms with Crippen LogP contribution in [-0.4, -0.2) is 36.1 Å². The summed E-state index contributed by atoms with van der Waals surface area (Å²) in [6, 6.07) is 5.90. The third-order valence-electron chi connectivity index (χ3n) is 3.53. The van der Waals surface area contributed by atoms with E-state index in [9.17, 15) is 9.59 Å². The zero-order valence-corrected chi connectivity index (χ0v) is 14.6. The summed E-state index contributed by atoms with van der Waals surface area (Å²) in [5.74, 6) is 0.0205. The van der Waals surface area contributed by atoms with Crippen LogP contribution in [0, 0.1) is 0 Å². The second kappa shape index (κ2) is 7.50. The van der Waals surface area contributed by atoms with E-state index in [-0.39, 0.29) is 11.9 Å². The predicted octanol–water partition coefficient (Wildman–Crippen LogP) is 3.08. The third-order valence-corrected chi connectivity index (χ3v) is 4.11. The first-order valence-corrected chi connectivity index (χ1v) is 8.68. The molecule has 0 bridgehead atoms. The number of rotatable bonds is 2. The van der Waals surface area contributed by atoms with Gasteiger partial charge in [0.25, 0.3) is 0 Å². The maximum Gasteiger partial charge on any atom is 0.413 e. The van der Waals surface area contributed by atoms with Crippen molar-refractivity contribution < 1.29 is 14.3 Å². The average Bonchev–Trinajstić information content (AvgIpc) is 2.82. The number of carbonyl (C=O) groups excluding carboxylic acids is 2. The fourth-order valence-corrected chi connectivity index (χ4v) is 3.02. The number of nitrogens with zero attached hydrogens (tertiary/aromatic N) is 2. The van der Waals surface area contributed by atoms with Gasteiger partial charge in [-0.05, 0) is 44.2 Å². The quantitative estimate of drug-likeness (QED) is 0.666. The van der Waals surface area contributed by atoms with E-state index in [2.05, 4.69) is 10.3 Å². The number of ether oxygens (including phenoxy) is 1. The molecule has 1 heterocycles. The van der Waals surface area contributed by atoms with Crippen molar-refractivity contribution in [1.82, 2.24) is 5.32 Å². The molecule has 124 valence electrons. The summed E-state index contributed by atoms with van der Waals surface area (Å²) in [6.45, 7) is 5.64. The number of anilines is 1. The minimum Gasteiger partial charge on any atom is -0.450 e. The summed E-state index contributed by atoms with van der Waals surface area (Å²) in [5, 5.41) is 3.05. The molecule has 0 saturated carbocycles. The topological polar surface area (TPSA) is 71.0 Å². The normalized spacial score (nSPS) is 17.0. The lowest BCUT2D eigenvalue weighted by Crippen LogP contribution is -2.33. The molecule has 0 unspecified atom stereocenters. The van der Waals surface area contributed by atoms with Crippen LogP contribution in [-0.2, 0) is 16.0 Å². The number of aliphatic imine (C=N–C) groups is 1. The minimum atomic E-state index is -0.527. The highest BCUT2D eigenvalue weighted by atomic mass is 32.2. The van der Waals surface area contributed by atoms with Gasteiger partial charge in [0.1, 0.15) is 0 Å². The van der Waals surface area contributed by atoms with Gasteiger partial charge in [0.05, 0.1) is 12.3 Å². The Morgan fingerprint density at radius 1 is 1.48 bits per heavy atom. The number of thioether (sulfide) groups is 1. The average molecular weight is 335 g/mol. The van der Waals surface area contributed by atoms with Crippen LogP contribution < -0.4 is 10.2 Å². The van der Waals surface area contributed by atoms with Crippen molar-refractivity contribution in [3.05, 3.63) is 23.8 Å².